The fraction of sp³-hybridized carbons (Fsp3) is 0.217. The minimum absolute atomic E-state index is 0.249. The van der Waals surface area contributed by atoms with E-state index in [1.54, 1.807) is 0 Å². The van der Waals surface area contributed by atoms with Gasteiger partial charge in [0.05, 0.1) is 11.5 Å². The van der Waals surface area contributed by atoms with Gasteiger partial charge in [0.1, 0.15) is 12.2 Å². The number of aliphatic imine (C=N–C) groups is 1. The highest BCUT2D eigenvalue weighted by Crippen LogP contribution is 2.50. The minimum Gasteiger partial charge on any atom is -0.478 e. The van der Waals surface area contributed by atoms with Crippen molar-refractivity contribution in [1.82, 2.24) is 0 Å². The standard InChI is InChI=1S/C23H22NO2/c1-22(2)16-26-21(24-22)19-14-9-15-20(19)23(25,17-10-5-3-6-11-17)18-12-7-4-8-13-18/h3-15,25H,16H2,1-2H3. The summed E-state index contributed by atoms with van der Waals surface area (Å²) in [6.45, 7) is 4.63. The maximum Gasteiger partial charge on any atom is 0.192 e. The molecule has 2 aliphatic rings. The average Bonchev–Trinajstić information content (AvgIpc) is 3.29. The fourth-order valence-corrected chi connectivity index (χ4v) is 3.48. The first kappa shape index (κ1) is 17.3. The average molecular weight is 344 g/mol. The van der Waals surface area contributed by atoms with Crippen molar-refractivity contribution in [3.63, 3.8) is 0 Å². The van der Waals surface area contributed by atoms with Crippen LogP contribution >= 0.6 is 0 Å². The highest BCUT2D eigenvalue weighted by molar-refractivity contribution is 5.99. The lowest BCUT2D eigenvalue weighted by molar-refractivity contribution is 0.102. The number of hydrogen-bond donors (Lipinski definition) is 1. The Balaban J connectivity index is 1.79. The van der Waals surface area contributed by atoms with E-state index in [1.165, 1.54) is 0 Å². The highest BCUT2D eigenvalue weighted by atomic mass is 16.5. The van der Waals surface area contributed by atoms with Crippen molar-refractivity contribution < 1.29 is 9.84 Å². The van der Waals surface area contributed by atoms with E-state index in [4.69, 9.17) is 9.73 Å². The topological polar surface area (TPSA) is 41.8 Å². The number of benzene rings is 2. The molecular weight excluding hydrogens is 322 g/mol. The fourth-order valence-electron chi connectivity index (χ4n) is 3.48. The van der Waals surface area contributed by atoms with Crippen molar-refractivity contribution >= 4 is 5.90 Å². The van der Waals surface area contributed by atoms with Gasteiger partial charge in [-0.1, -0.05) is 60.7 Å². The number of rotatable bonds is 4. The molecule has 0 saturated heterocycles. The molecule has 0 spiro atoms. The zero-order chi connectivity index (χ0) is 18.2. The van der Waals surface area contributed by atoms with E-state index in [-0.39, 0.29) is 5.54 Å². The molecule has 1 N–H and O–H groups in total. The Labute approximate surface area is 155 Å². The molecule has 131 valence electrons. The molecule has 1 aliphatic heterocycles. The van der Waals surface area contributed by atoms with Crippen LogP contribution in [0.5, 0.6) is 0 Å². The molecular formula is C23H22NO2. The SMILES string of the molecule is CC1(C)COC([C]2[CH][CH][CH][C]2C(O)(c2ccccc2)c2ccccc2)=N1. The summed E-state index contributed by atoms with van der Waals surface area (Å²) in [6.07, 6.45) is 5.86. The summed E-state index contributed by atoms with van der Waals surface area (Å²) in [5.74, 6) is 2.22. The molecule has 26 heavy (non-hydrogen) atoms. The minimum atomic E-state index is -1.28. The molecule has 3 nitrogen and oxygen atoms in total. The maximum atomic E-state index is 12.0. The van der Waals surface area contributed by atoms with E-state index in [2.05, 4.69) is 0 Å². The van der Waals surface area contributed by atoms with Gasteiger partial charge >= 0.3 is 0 Å². The van der Waals surface area contributed by atoms with Crippen LogP contribution in [-0.4, -0.2) is 23.2 Å². The van der Waals surface area contributed by atoms with Crippen LogP contribution < -0.4 is 0 Å². The number of nitrogens with zero attached hydrogens (tertiary/aromatic N) is 1. The monoisotopic (exact) mass is 344 g/mol. The first-order chi connectivity index (χ1) is 12.5. The van der Waals surface area contributed by atoms with Crippen LogP contribution in [0, 0.1) is 31.1 Å². The van der Waals surface area contributed by atoms with Crippen LogP contribution in [0.2, 0.25) is 0 Å². The van der Waals surface area contributed by atoms with E-state index >= 15 is 0 Å². The Morgan fingerprint density at radius 3 is 2.00 bits per heavy atom. The molecule has 0 amide bonds. The molecule has 1 aliphatic carbocycles. The normalized spacial score (nSPS) is 20.8. The van der Waals surface area contributed by atoms with Gasteiger partial charge in [-0.25, -0.2) is 4.99 Å². The van der Waals surface area contributed by atoms with Gasteiger partial charge in [-0.3, -0.25) is 0 Å². The van der Waals surface area contributed by atoms with Gasteiger partial charge in [-0.05, 0) is 44.2 Å². The van der Waals surface area contributed by atoms with Crippen molar-refractivity contribution in [2.75, 3.05) is 6.61 Å². The summed E-state index contributed by atoms with van der Waals surface area (Å²) in [7, 11) is 0. The molecule has 0 aromatic heterocycles. The first-order valence-corrected chi connectivity index (χ1v) is 8.83. The van der Waals surface area contributed by atoms with E-state index in [0.29, 0.717) is 12.5 Å². The Hall–Kier alpha value is -2.13. The van der Waals surface area contributed by atoms with Crippen LogP contribution in [0.15, 0.2) is 65.7 Å². The second-order valence-corrected chi connectivity index (χ2v) is 7.31. The summed E-state index contributed by atoms with van der Waals surface area (Å²) < 4.78 is 5.86. The molecule has 0 atom stereocenters. The summed E-state index contributed by atoms with van der Waals surface area (Å²) in [4.78, 5) is 4.71. The van der Waals surface area contributed by atoms with Crippen molar-refractivity contribution in [2.24, 2.45) is 4.99 Å². The largest absolute Gasteiger partial charge is 0.478 e. The quantitative estimate of drug-likeness (QED) is 0.914. The van der Waals surface area contributed by atoms with Crippen molar-refractivity contribution in [3.8, 4) is 0 Å². The summed E-state index contributed by atoms with van der Waals surface area (Å²) in [5.41, 5.74) is 0.106. The van der Waals surface area contributed by atoms with Gasteiger partial charge in [-0.15, -0.1) is 0 Å². The van der Waals surface area contributed by atoms with Gasteiger partial charge in [-0.2, -0.15) is 0 Å². The summed E-state index contributed by atoms with van der Waals surface area (Å²) >= 11 is 0. The van der Waals surface area contributed by atoms with Crippen molar-refractivity contribution in [3.05, 3.63) is 103 Å². The lowest BCUT2D eigenvalue weighted by Gasteiger charge is -2.37. The molecule has 4 rings (SSSR count). The van der Waals surface area contributed by atoms with Crippen molar-refractivity contribution in [1.29, 1.82) is 0 Å². The maximum absolute atomic E-state index is 12.0. The number of ether oxygens (including phenoxy) is 1. The van der Waals surface area contributed by atoms with E-state index in [1.807, 2.05) is 93.8 Å². The smallest absolute Gasteiger partial charge is 0.192 e. The van der Waals surface area contributed by atoms with Crippen LogP contribution in [0.1, 0.15) is 25.0 Å². The lowest BCUT2D eigenvalue weighted by Crippen LogP contribution is -2.38. The van der Waals surface area contributed by atoms with Gasteiger partial charge in [0.2, 0.25) is 0 Å². The molecule has 1 fully saturated rings. The molecule has 2 aromatic rings. The second-order valence-electron chi connectivity index (χ2n) is 7.31. The van der Waals surface area contributed by atoms with Crippen LogP contribution in [0.25, 0.3) is 0 Å². The molecule has 2 aromatic carbocycles. The second kappa shape index (κ2) is 6.55. The van der Waals surface area contributed by atoms with Crippen LogP contribution in [0.3, 0.4) is 0 Å². The predicted molar refractivity (Wildman–Crippen MR) is 103 cm³/mol. The van der Waals surface area contributed by atoms with E-state index in [0.717, 1.165) is 23.0 Å². The molecule has 1 saturated carbocycles. The van der Waals surface area contributed by atoms with E-state index < -0.39 is 5.60 Å². The Morgan fingerprint density at radius 2 is 1.50 bits per heavy atom. The lowest BCUT2D eigenvalue weighted by atomic mass is 9.71. The van der Waals surface area contributed by atoms with Crippen molar-refractivity contribution in [2.45, 2.75) is 25.0 Å². The van der Waals surface area contributed by atoms with Gasteiger partial charge in [0.25, 0.3) is 0 Å². The van der Waals surface area contributed by atoms with Crippen LogP contribution in [0.4, 0.5) is 0 Å². The summed E-state index contributed by atoms with van der Waals surface area (Å²) in [5, 5.41) is 12.0. The molecule has 3 heteroatoms. The van der Waals surface area contributed by atoms with E-state index in [9.17, 15) is 5.11 Å². The number of hydrogen-bond acceptors (Lipinski definition) is 3. The molecule has 0 unspecified atom stereocenters. The highest BCUT2D eigenvalue weighted by Gasteiger charge is 2.51. The molecule has 5 radical (unpaired) electrons. The van der Waals surface area contributed by atoms with Gasteiger partial charge in [0.15, 0.2) is 5.90 Å². The Bertz CT molecular complexity index is 743. The van der Waals surface area contributed by atoms with Gasteiger partial charge in [0, 0.05) is 5.92 Å². The zero-order valence-electron chi connectivity index (χ0n) is 15.0. The van der Waals surface area contributed by atoms with Crippen LogP contribution in [-0.2, 0) is 10.3 Å². The Kier molecular flexibility index (Phi) is 4.36. The third-order valence-corrected chi connectivity index (χ3v) is 4.79. The summed E-state index contributed by atoms with van der Waals surface area (Å²) in [6, 6.07) is 19.5. The third-order valence-electron chi connectivity index (χ3n) is 4.79. The third kappa shape index (κ3) is 2.95. The zero-order valence-corrected chi connectivity index (χ0v) is 15.0. The molecule has 0 bridgehead atoms. The Morgan fingerprint density at radius 1 is 0.923 bits per heavy atom. The first-order valence-electron chi connectivity index (χ1n) is 8.83. The molecule has 1 heterocycles. The van der Waals surface area contributed by atoms with Gasteiger partial charge < -0.3 is 9.84 Å². The predicted octanol–water partition coefficient (Wildman–Crippen LogP) is 3.91. The number of aliphatic hydroxyl groups is 1.